The molecule has 0 atom stereocenters. The maximum atomic E-state index is 12.4. The molecular formula is C35H26N2O6. The lowest BCUT2D eigenvalue weighted by atomic mass is 9.77. The fourth-order valence-corrected chi connectivity index (χ4v) is 5.26. The van der Waals surface area contributed by atoms with E-state index in [0.29, 0.717) is 34.4 Å². The van der Waals surface area contributed by atoms with Crippen molar-refractivity contribution < 1.29 is 28.7 Å². The minimum absolute atomic E-state index is 0.343. The SMILES string of the molecule is CC(C)(c1ccccc1Oc1ccccc1N1C(=O)C=CC1=O)c1ccccc1Oc1ccccc1N1C(=O)C=CC1=O. The third-order valence-electron chi connectivity index (χ3n) is 7.39. The quantitative estimate of drug-likeness (QED) is 0.226. The van der Waals surface area contributed by atoms with Crippen molar-refractivity contribution in [2.45, 2.75) is 19.3 Å². The Morgan fingerprint density at radius 2 is 0.744 bits per heavy atom. The summed E-state index contributed by atoms with van der Waals surface area (Å²) < 4.78 is 12.8. The second-order valence-electron chi connectivity index (χ2n) is 10.4. The van der Waals surface area contributed by atoms with Gasteiger partial charge in [-0.2, -0.15) is 0 Å². The molecule has 0 aliphatic carbocycles. The van der Waals surface area contributed by atoms with E-state index in [-0.39, 0.29) is 0 Å². The molecule has 4 aromatic rings. The van der Waals surface area contributed by atoms with E-state index in [4.69, 9.17) is 9.47 Å². The second-order valence-corrected chi connectivity index (χ2v) is 10.4. The number of anilines is 2. The largest absolute Gasteiger partial charge is 0.455 e. The lowest BCUT2D eigenvalue weighted by Gasteiger charge is -2.30. The van der Waals surface area contributed by atoms with Gasteiger partial charge in [0.2, 0.25) is 0 Å². The topological polar surface area (TPSA) is 93.2 Å². The van der Waals surface area contributed by atoms with Crippen LogP contribution in [0.1, 0.15) is 25.0 Å². The van der Waals surface area contributed by atoms with Crippen LogP contribution in [0.2, 0.25) is 0 Å². The van der Waals surface area contributed by atoms with Gasteiger partial charge in [-0.25, -0.2) is 9.80 Å². The van der Waals surface area contributed by atoms with Gasteiger partial charge in [-0.15, -0.1) is 0 Å². The van der Waals surface area contributed by atoms with E-state index in [1.807, 2.05) is 62.4 Å². The highest BCUT2D eigenvalue weighted by Gasteiger charge is 2.33. The van der Waals surface area contributed by atoms with Gasteiger partial charge in [-0.1, -0.05) is 74.5 Å². The molecule has 2 aliphatic heterocycles. The van der Waals surface area contributed by atoms with Crippen molar-refractivity contribution in [1.29, 1.82) is 0 Å². The van der Waals surface area contributed by atoms with Crippen molar-refractivity contribution in [3.05, 3.63) is 132 Å². The summed E-state index contributed by atoms with van der Waals surface area (Å²) >= 11 is 0. The molecule has 0 bridgehead atoms. The Labute approximate surface area is 248 Å². The number of carbonyl (C=O) groups is 4. The summed E-state index contributed by atoms with van der Waals surface area (Å²) in [5.41, 5.74) is 1.64. The first-order valence-corrected chi connectivity index (χ1v) is 13.6. The molecule has 8 nitrogen and oxygen atoms in total. The summed E-state index contributed by atoms with van der Waals surface area (Å²) in [5, 5.41) is 0. The zero-order valence-electron chi connectivity index (χ0n) is 23.4. The third-order valence-corrected chi connectivity index (χ3v) is 7.39. The smallest absolute Gasteiger partial charge is 0.258 e. The van der Waals surface area contributed by atoms with E-state index in [1.165, 1.54) is 24.3 Å². The summed E-state index contributed by atoms with van der Waals surface area (Å²) in [4.78, 5) is 51.9. The lowest BCUT2D eigenvalue weighted by molar-refractivity contribution is -0.121. The standard InChI is InChI=1S/C35H26N2O6/c1-35(2,23-11-3-7-15-27(23)42-29-17-9-5-13-25(29)36-31(38)19-20-32(36)39)24-12-4-8-16-28(24)43-30-18-10-6-14-26(30)37-33(40)21-22-34(37)41/h3-22H,1-2H3. The van der Waals surface area contributed by atoms with Crippen molar-refractivity contribution in [1.82, 2.24) is 0 Å². The molecule has 0 saturated carbocycles. The summed E-state index contributed by atoms with van der Waals surface area (Å²) in [6, 6.07) is 28.8. The average molecular weight is 571 g/mol. The van der Waals surface area contributed by atoms with Crippen LogP contribution in [0, 0.1) is 0 Å². The molecule has 6 rings (SSSR count). The number of hydrogen-bond donors (Lipinski definition) is 0. The lowest BCUT2D eigenvalue weighted by Crippen LogP contribution is -2.30. The molecule has 8 heteroatoms. The van der Waals surface area contributed by atoms with E-state index >= 15 is 0 Å². The first-order valence-electron chi connectivity index (χ1n) is 13.6. The van der Waals surface area contributed by atoms with Crippen LogP contribution in [-0.2, 0) is 24.6 Å². The number of rotatable bonds is 8. The molecule has 212 valence electrons. The molecule has 0 saturated heterocycles. The third kappa shape index (κ3) is 4.99. The normalized spacial score (nSPS) is 14.7. The molecule has 0 fully saturated rings. The predicted octanol–water partition coefficient (Wildman–Crippen LogP) is 6.46. The first-order chi connectivity index (χ1) is 20.8. The van der Waals surface area contributed by atoms with Gasteiger partial charge in [0.25, 0.3) is 23.6 Å². The highest BCUT2D eigenvalue weighted by molar-refractivity contribution is 6.29. The molecule has 0 unspecified atom stereocenters. The van der Waals surface area contributed by atoms with Crippen molar-refractivity contribution in [2.75, 3.05) is 9.80 Å². The summed E-state index contributed by atoms with van der Waals surface area (Å²) in [5.74, 6) is 0.0148. The van der Waals surface area contributed by atoms with Crippen LogP contribution in [-0.4, -0.2) is 23.6 Å². The van der Waals surface area contributed by atoms with Crippen LogP contribution in [0.3, 0.4) is 0 Å². The van der Waals surface area contributed by atoms with Gasteiger partial charge in [-0.05, 0) is 36.4 Å². The highest BCUT2D eigenvalue weighted by Crippen LogP contribution is 2.45. The number of nitrogens with zero attached hydrogens (tertiary/aromatic N) is 2. The maximum Gasteiger partial charge on any atom is 0.258 e. The van der Waals surface area contributed by atoms with Gasteiger partial charge < -0.3 is 9.47 Å². The Bertz CT molecular complexity index is 1690. The fraction of sp³-hybridized carbons (Fsp3) is 0.0857. The minimum Gasteiger partial charge on any atom is -0.455 e. The van der Waals surface area contributed by atoms with Crippen LogP contribution in [0.5, 0.6) is 23.0 Å². The molecule has 43 heavy (non-hydrogen) atoms. The highest BCUT2D eigenvalue weighted by atomic mass is 16.5. The zero-order chi connectivity index (χ0) is 30.1. The van der Waals surface area contributed by atoms with Gasteiger partial charge in [0.15, 0.2) is 11.5 Å². The van der Waals surface area contributed by atoms with Gasteiger partial charge in [-0.3, -0.25) is 19.2 Å². The number of hydrogen-bond acceptors (Lipinski definition) is 6. The van der Waals surface area contributed by atoms with Crippen molar-refractivity contribution in [2.24, 2.45) is 0 Å². The number of imide groups is 2. The number of carbonyl (C=O) groups excluding carboxylic acids is 4. The van der Waals surface area contributed by atoms with Crippen LogP contribution >= 0.6 is 0 Å². The number of benzene rings is 4. The molecule has 0 aromatic heterocycles. The fourth-order valence-electron chi connectivity index (χ4n) is 5.26. The number of amides is 4. The van der Waals surface area contributed by atoms with Crippen LogP contribution in [0.25, 0.3) is 0 Å². The van der Waals surface area contributed by atoms with Crippen LogP contribution in [0.15, 0.2) is 121 Å². The number of para-hydroxylation sites is 6. The summed E-state index contributed by atoms with van der Waals surface area (Å²) in [6.07, 6.45) is 4.93. The first kappa shape index (κ1) is 27.4. The van der Waals surface area contributed by atoms with Crippen molar-refractivity contribution >= 4 is 35.0 Å². The molecule has 0 radical (unpaired) electrons. The van der Waals surface area contributed by atoms with E-state index in [1.54, 1.807) is 48.5 Å². The zero-order valence-corrected chi connectivity index (χ0v) is 23.4. The minimum atomic E-state index is -0.682. The van der Waals surface area contributed by atoms with Crippen LogP contribution < -0.4 is 19.3 Å². The van der Waals surface area contributed by atoms with Gasteiger partial charge >= 0.3 is 0 Å². The molecule has 2 heterocycles. The molecule has 0 N–H and O–H groups in total. The van der Waals surface area contributed by atoms with E-state index in [9.17, 15) is 19.2 Å². The molecule has 4 aromatic carbocycles. The Hall–Kier alpha value is -5.76. The molecule has 2 aliphatic rings. The maximum absolute atomic E-state index is 12.4. The Morgan fingerprint density at radius 1 is 0.442 bits per heavy atom. The van der Waals surface area contributed by atoms with Crippen molar-refractivity contribution in [3.8, 4) is 23.0 Å². The Morgan fingerprint density at radius 3 is 1.12 bits per heavy atom. The summed E-state index contributed by atoms with van der Waals surface area (Å²) in [6.45, 7) is 4.06. The van der Waals surface area contributed by atoms with E-state index in [2.05, 4.69) is 0 Å². The monoisotopic (exact) mass is 570 g/mol. The van der Waals surface area contributed by atoms with E-state index in [0.717, 1.165) is 20.9 Å². The Kier molecular flexibility index (Phi) is 6.95. The Balaban J connectivity index is 1.37. The van der Waals surface area contributed by atoms with Gasteiger partial charge in [0.05, 0.1) is 11.4 Å². The molecule has 4 amide bonds. The molecular weight excluding hydrogens is 544 g/mol. The van der Waals surface area contributed by atoms with Crippen LogP contribution in [0.4, 0.5) is 11.4 Å². The molecule has 0 spiro atoms. The van der Waals surface area contributed by atoms with Gasteiger partial charge in [0.1, 0.15) is 11.5 Å². The van der Waals surface area contributed by atoms with Gasteiger partial charge in [0, 0.05) is 40.8 Å². The summed E-state index contributed by atoms with van der Waals surface area (Å²) in [7, 11) is 0. The van der Waals surface area contributed by atoms with Crippen molar-refractivity contribution in [3.63, 3.8) is 0 Å². The predicted molar refractivity (Wildman–Crippen MR) is 161 cm³/mol. The second kappa shape index (κ2) is 10.9. The number of ether oxygens (including phenoxy) is 2. The average Bonchev–Trinajstić information content (AvgIpc) is 3.52. The van der Waals surface area contributed by atoms with E-state index < -0.39 is 29.0 Å².